The Morgan fingerprint density at radius 2 is 1.92 bits per heavy atom. The lowest BCUT2D eigenvalue weighted by Gasteiger charge is -2.29. The second kappa shape index (κ2) is 9.03. The number of aliphatic hydroxyl groups excluding tert-OH is 1. The summed E-state index contributed by atoms with van der Waals surface area (Å²) in [6.45, 7) is 3.41. The first-order chi connectivity index (χ1) is 12.6. The van der Waals surface area contributed by atoms with Crippen molar-refractivity contribution in [1.82, 2.24) is 5.32 Å². The molecule has 26 heavy (non-hydrogen) atoms. The van der Waals surface area contributed by atoms with Gasteiger partial charge < -0.3 is 20.1 Å². The Balaban J connectivity index is 1.49. The van der Waals surface area contributed by atoms with Gasteiger partial charge in [0.05, 0.1) is 25.7 Å². The molecular weight excluding hydrogens is 352 g/mol. The van der Waals surface area contributed by atoms with Gasteiger partial charge in [0, 0.05) is 30.3 Å². The van der Waals surface area contributed by atoms with E-state index in [1.54, 1.807) is 12.1 Å². The molecule has 0 spiro atoms. The number of halogens is 1. The number of carbonyl (C=O) groups excluding carboxylic acids is 1. The number of hydrogen-bond acceptors (Lipinski definition) is 4. The summed E-state index contributed by atoms with van der Waals surface area (Å²) >= 11 is 5.92. The highest BCUT2D eigenvalue weighted by atomic mass is 35.5. The number of hydrogen-bond donors (Lipinski definition) is 2. The van der Waals surface area contributed by atoms with Gasteiger partial charge >= 0.3 is 0 Å². The molecule has 1 amide bonds. The van der Waals surface area contributed by atoms with Crippen molar-refractivity contribution in [3.8, 4) is 0 Å². The first kappa shape index (κ1) is 18.7. The van der Waals surface area contributed by atoms with E-state index in [2.05, 4.69) is 10.2 Å². The summed E-state index contributed by atoms with van der Waals surface area (Å²) in [5, 5.41) is 13.7. The number of carbonyl (C=O) groups is 1. The zero-order valence-electron chi connectivity index (χ0n) is 14.5. The summed E-state index contributed by atoms with van der Waals surface area (Å²) < 4.78 is 5.36. The lowest BCUT2D eigenvalue weighted by atomic mass is 10.1. The van der Waals surface area contributed by atoms with Crippen LogP contribution in [0.4, 0.5) is 5.69 Å². The predicted molar refractivity (Wildman–Crippen MR) is 103 cm³/mol. The van der Waals surface area contributed by atoms with Crippen LogP contribution in [0, 0.1) is 0 Å². The normalized spacial score (nSPS) is 15.5. The van der Waals surface area contributed by atoms with Crippen molar-refractivity contribution < 1.29 is 14.6 Å². The van der Waals surface area contributed by atoms with Gasteiger partial charge in [-0.1, -0.05) is 35.9 Å². The summed E-state index contributed by atoms with van der Waals surface area (Å²) in [7, 11) is 0. The molecule has 0 aromatic heterocycles. The van der Waals surface area contributed by atoms with Crippen molar-refractivity contribution >= 4 is 23.2 Å². The van der Waals surface area contributed by atoms with E-state index in [-0.39, 0.29) is 18.9 Å². The Kier molecular flexibility index (Phi) is 6.50. The number of nitrogens with zero attached hydrogens (tertiary/aromatic N) is 1. The van der Waals surface area contributed by atoms with E-state index in [0.717, 1.165) is 43.1 Å². The fraction of sp³-hybridized carbons (Fsp3) is 0.350. The predicted octanol–water partition coefficient (Wildman–Crippen LogP) is 2.57. The molecule has 1 aliphatic heterocycles. The number of ether oxygens (including phenoxy) is 1. The van der Waals surface area contributed by atoms with Crippen LogP contribution in [0.5, 0.6) is 0 Å². The van der Waals surface area contributed by atoms with Crippen LogP contribution in [0.1, 0.15) is 17.2 Å². The average molecular weight is 375 g/mol. The van der Waals surface area contributed by atoms with Crippen LogP contribution >= 0.6 is 11.6 Å². The molecule has 1 heterocycles. The Morgan fingerprint density at radius 1 is 1.19 bits per heavy atom. The van der Waals surface area contributed by atoms with Crippen molar-refractivity contribution in [2.45, 2.75) is 12.5 Å². The molecule has 138 valence electrons. The second-order valence-corrected chi connectivity index (χ2v) is 6.75. The third kappa shape index (κ3) is 5.21. The molecule has 1 aliphatic rings. The number of benzene rings is 2. The first-order valence-corrected chi connectivity index (χ1v) is 9.11. The maximum absolute atomic E-state index is 12.0. The minimum Gasteiger partial charge on any atom is -0.387 e. The highest BCUT2D eigenvalue weighted by Gasteiger charge is 2.13. The van der Waals surface area contributed by atoms with Crippen LogP contribution in [0.3, 0.4) is 0 Å². The number of amides is 1. The van der Waals surface area contributed by atoms with Gasteiger partial charge in [0.15, 0.2) is 0 Å². The van der Waals surface area contributed by atoms with Crippen LogP contribution < -0.4 is 10.2 Å². The summed E-state index contributed by atoms with van der Waals surface area (Å²) in [4.78, 5) is 14.3. The maximum Gasteiger partial charge on any atom is 0.224 e. The number of morpholine rings is 1. The molecule has 1 saturated heterocycles. The van der Waals surface area contributed by atoms with Gasteiger partial charge in [-0.05, 0) is 35.4 Å². The third-order valence-electron chi connectivity index (χ3n) is 4.40. The van der Waals surface area contributed by atoms with Crippen LogP contribution in [0.2, 0.25) is 5.02 Å². The quantitative estimate of drug-likeness (QED) is 0.815. The highest BCUT2D eigenvalue weighted by molar-refractivity contribution is 6.30. The topological polar surface area (TPSA) is 61.8 Å². The van der Waals surface area contributed by atoms with E-state index in [4.69, 9.17) is 16.3 Å². The lowest BCUT2D eigenvalue weighted by molar-refractivity contribution is -0.120. The Morgan fingerprint density at radius 3 is 2.62 bits per heavy atom. The van der Waals surface area contributed by atoms with E-state index in [0.29, 0.717) is 5.02 Å². The molecule has 0 aliphatic carbocycles. The smallest absolute Gasteiger partial charge is 0.224 e. The SMILES string of the molecule is O=C(Cc1cccc(Cl)c1)NCC(O)c1ccc(N2CCOCC2)cc1. The number of nitrogens with one attached hydrogen (secondary N) is 1. The molecular formula is C20H23ClN2O3. The zero-order chi connectivity index (χ0) is 18.4. The largest absolute Gasteiger partial charge is 0.387 e. The van der Waals surface area contributed by atoms with E-state index >= 15 is 0 Å². The molecule has 1 fully saturated rings. The van der Waals surface area contributed by atoms with Gasteiger partial charge in [-0.3, -0.25) is 4.79 Å². The molecule has 5 nitrogen and oxygen atoms in total. The zero-order valence-corrected chi connectivity index (χ0v) is 15.3. The van der Waals surface area contributed by atoms with Crippen molar-refractivity contribution in [2.24, 2.45) is 0 Å². The fourth-order valence-electron chi connectivity index (χ4n) is 2.95. The van der Waals surface area contributed by atoms with Gasteiger partial charge in [-0.25, -0.2) is 0 Å². The third-order valence-corrected chi connectivity index (χ3v) is 4.64. The van der Waals surface area contributed by atoms with Crippen molar-refractivity contribution in [3.63, 3.8) is 0 Å². The van der Waals surface area contributed by atoms with E-state index in [1.165, 1.54) is 0 Å². The van der Waals surface area contributed by atoms with E-state index < -0.39 is 6.10 Å². The highest BCUT2D eigenvalue weighted by Crippen LogP contribution is 2.20. The summed E-state index contributed by atoms with van der Waals surface area (Å²) in [5.74, 6) is -0.142. The number of anilines is 1. The van der Waals surface area contributed by atoms with Gasteiger partial charge in [0.2, 0.25) is 5.91 Å². The fourth-order valence-corrected chi connectivity index (χ4v) is 3.16. The minimum atomic E-state index is -0.739. The molecule has 2 aromatic carbocycles. The standard InChI is InChI=1S/C20H23ClN2O3/c21-17-3-1-2-15(12-17)13-20(25)22-14-19(24)16-4-6-18(7-5-16)23-8-10-26-11-9-23/h1-7,12,19,24H,8-11,13-14H2,(H,22,25). The van der Waals surface area contributed by atoms with Crippen molar-refractivity contribution in [2.75, 3.05) is 37.7 Å². The summed E-state index contributed by atoms with van der Waals surface area (Å²) in [6, 6.07) is 15.0. The van der Waals surface area contributed by atoms with Crippen LogP contribution in [-0.2, 0) is 16.0 Å². The molecule has 2 aromatic rings. The number of aliphatic hydroxyl groups is 1. The van der Waals surface area contributed by atoms with Crippen molar-refractivity contribution in [1.29, 1.82) is 0 Å². The van der Waals surface area contributed by atoms with Gasteiger partial charge in [-0.15, -0.1) is 0 Å². The first-order valence-electron chi connectivity index (χ1n) is 8.74. The molecule has 0 bridgehead atoms. The van der Waals surface area contributed by atoms with Gasteiger partial charge in [-0.2, -0.15) is 0 Å². The van der Waals surface area contributed by atoms with Gasteiger partial charge in [0.1, 0.15) is 0 Å². The molecule has 3 rings (SSSR count). The Labute approximate surface area is 158 Å². The van der Waals surface area contributed by atoms with E-state index in [1.807, 2.05) is 36.4 Å². The summed E-state index contributed by atoms with van der Waals surface area (Å²) in [6.07, 6.45) is -0.500. The Bertz CT molecular complexity index is 730. The lowest BCUT2D eigenvalue weighted by Crippen LogP contribution is -2.36. The molecule has 0 saturated carbocycles. The molecule has 2 N–H and O–H groups in total. The second-order valence-electron chi connectivity index (χ2n) is 6.32. The molecule has 1 unspecified atom stereocenters. The monoisotopic (exact) mass is 374 g/mol. The van der Waals surface area contributed by atoms with E-state index in [9.17, 15) is 9.90 Å². The molecule has 1 atom stereocenters. The van der Waals surface area contributed by atoms with Crippen LogP contribution in [0.25, 0.3) is 0 Å². The number of rotatable bonds is 6. The molecule has 0 radical (unpaired) electrons. The van der Waals surface area contributed by atoms with Crippen LogP contribution in [0.15, 0.2) is 48.5 Å². The van der Waals surface area contributed by atoms with Crippen molar-refractivity contribution in [3.05, 3.63) is 64.7 Å². The summed E-state index contributed by atoms with van der Waals surface area (Å²) in [5.41, 5.74) is 2.75. The average Bonchev–Trinajstić information content (AvgIpc) is 2.67. The minimum absolute atomic E-state index is 0.142. The maximum atomic E-state index is 12.0. The Hall–Kier alpha value is -2.08. The van der Waals surface area contributed by atoms with Crippen LogP contribution in [-0.4, -0.2) is 43.9 Å². The van der Waals surface area contributed by atoms with Gasteiger partial charge in [0.25, 0.3) is 0 Å². The molecule has 6 heteroatoms.